The number of nitrogens with zero attached hydrogens (tertiary/aromatic N) is 1. The lowest BCUT2D eigenvalue weighted by Gasteiger charge is -2.06. The van der Waals surface area contributed by atoms with Crippen LogP contribution in [0.4, 0.5) is 0 Å². The molecule has 0 spiro atoms. The highest BCUT2D eigenvalue weighted by atomic mass is 79.9. The molecular formula is C13H10BrNO2S. The summed E-state index contributed by atoms with van der Waals surface area (Å²) in [6.45, 7) is 1.96. The molecule has 0 saturated carbocycles. The number of rotatable bonds is 3. The standard InChI is InChI=1S/C13H10BrNO2S/c1-8-6-10(14)12(15-7-8)18-11-5-3-2-4-9(11)13(16)17/h2-7H,1H3,(H,16,17). The third-order valence-corrected chi connectivity index (χ3v) is 4.23. The number of carbonyl (C=O) groups is 1. The molecule has 1 N–H and O–H groups in total. The fraction of sp³-hybridized carbons (Fsp3) is 0.0769. The summed E-state index contributed by atoms with van der Waals surface area (Å²) < 4.78 is 0.868. The van der Waals surface area contributed by atoms with E-state index in [-0.39, 0.29) is 5.56 Å². The number of pyridine rings is 1. The summed E-state index contributed by atoms with van der Waals surface area (Å²) in [5, 5.41) is 9.87. The number of benzene rings is 1. The van der Waals surface area contributed by atoms with Crippen LogP contribution in [0.25, 0.3) is 0 Å². The molecular weight excluding hydrogens is 314 g/mol. The number of aromatic carboxylic acids is 1. The maximum Gasteiger partial charge on any atom is 0.336 e. The highest BCUT2D eigenvalue weighted by Gasteiger charge is 2.12. The van der Waals surface area contributed by atoms with Gasteiger partial charge in [-0.2, -0.15) is 0 Å². The van der Waals surface area contributed by atoms with Crippen molar-refractivity contribution in [1.29, 1.82) is 0 Å². The van der Waals surface area contributed by atoms with Gasteiger partial charge in [0.25, 0.3) is 0 Å². The number of carboxylic acids is 1. The summed E-state index contributed by atoms with van der Waals surface area (Å²) in [5.41, 5.74) is 1.34. The molecule has 3 nitrogen and oxygen atoms in total. The summed E-state index contributed by atoms with van der Waals surface area (Å²) in [6.07, 6.45) is 1.76. The second kappa shape index (κ2) is 5.54. The first-order valence-corrected chi connectivity index (χ1v) is 6.81. The van der Waals surface area contributed by atoms with Crippen molar-refractivity contribution in [2.75, 3.05) is 0 Å². The van der Waals surface area contributed by atoms with Gasteiger partial charge < -0.3 is 5.11 Å². The normalized spacial score (nSPS) is 10.3. The molecule has 0 unspecified atom stereocenters. The monoisotopic (exact) mass is 323 g/mol. The van der Waals surface area contributed by atoms with Gasteiger partial charge >= 0.3 is 5.97 Å². The lowest BCUT2D eigenvalue weighted by Crippen LogP contribution is -1.98. The summed E-state index contributed by atoms with van der Waals surface area (Å²) in [6, 6.07) is 8.86. The summed E-state index contributed by atoms with van der Waals surface area (Å²) in [4.78, 5) is 16.1. The Balaban J connectivity index is 2.37. The largest absolute Gasteiger partial charge is 0.478 e. The molecule has 1 aromatic carbocycles. The fourth-order valence-corrected chi connectivity index (χ4v) is 3.02. The molecule has 2 rings (SSSR count). The van der Waals surface area contributed by atoms with Crippen LogP contribution >= 0.6 is 27.7 Å². The van der Waals surface area contributed by atoms with Crippen molar-refractivity contribution in [3.8, 4) is 0 Å². The molecule has 0 atom stereocenters. The Morgan fingerprint density at radius 2 is 2.11 bits per heavy atom. The lowest BCUT2D eigenvalue weighted by atomic mass is 10.2. The average Bonchev–Trinajstić information content (AvgIpc) is 2.33. The maximum atomic E-state index is 11.1. The van der Waals surface area contributed by atoms with E-state index in [1.165, 1.54) is 11.8 Å². The Morgan fingerprint density at radius 3 is 2.78 bits per heavy atom. The fourth-order valence-electron chi connectivity index (χ4n) is 1.43. The first kappa shape index (κ1) is 13.1. The van der Waals surface area contributed by atoms with Gasteiger partial charge in [-0.25, -0.2) is 9.78 Å². The van der Waals surface area contributed by atoms with Gasteiger partial charge in [-0.15, -0.1) is 0 Å². The van der Waals surface area contributed by atoms with Crippen LogP contribution in [0.1, 0.15) is 15.9 Å². The van der Waals surface area contributed by atoms with Crippen molar-refractivity contribution in [3.63, 3.8) is 0 Å². The third-order valence-electron chi connectivity index (χ3n) is 2.27. The van der Waals surface area contributed by atoms with E-state index in [9.17, 15) is 4.79 Å². The van der Waals surface area contributed by atoms with E-state index in [1.807, 2.05) is 19.1 Å². The molecule has 1 aromatic heterocycles. The second-order valence-electron chi connectivity index (χ2n) is 3.70. The molecule has 0 amide bonds. The van der Waals surface area contributed by atoms with Crippen LogP contribution in [0.2, 0.25) is 0 Å². The Morgan fingerprint density at radius 1 is 1.39 bits per heavy atom. The van der Waals surface area contributed by atoms with Crippen LogP contribution in [0.5, 0.6) is 0 Å². The highest BCUT2D eigenvalue weighted by molar-refractivity contribution is 9.10. The third kappa shape index (κ3) is 2.91. The first-order valence-electron chi connectivity index (χ1n) is 5.20. The minimum Gasteiger partial charge on any atom is -0.478 e. The number of hydrogen-bond acceptors (Lipinski definition) is 3. The maximum absolute atomic E-state index is 11.1. The summed E-state index contributed by atoms with van der Waals surface area (Å²) in [7, 11) is 0. The number of halogens is 1. The number of carboxylic acid groups (broad SMARTS) is 1. The van der Waals surface area contributed by atoms with Crippen LogP contribution in [0, 0.1) is 6.92 Å². The smallest absolute Gasteiger partial charge is 0.336 e. The Bertz CT molecular complexity index is 601. The van der Waals surface area contributed by atoms with Gasteiger partial charge in [0.05, 0.1) is 10.0 Å². The Labute approximate surface area is 117 Å². The van der Waals surface area contributed by atoms with E-state index in [0.29, 0.717) is 4.90 Å². The minimum atomic E-state index is -0.929. The van der Waals surface area contributed by atoms with E-state index >= 15 is 0 Å². The van der Waals surface area contributed by atoms with Gasteiger partial charge in [0, 0.05) is 11.1 Å². The van der Waals surface area contributed by atoms with Crippen LogP contribution in [-0.2, 0) is 0 Å². The Kier molecular flexibility index (Phi) is 4.04. The van der Waals surface area contributed by atoms with Crippen molar-refractivity contribution in [3.05, 3.63) is 52.1 Å². The molecule has 92 valence electrons. The molecule has 0 fully saturated rings. The van der Waals surface area contributed by atoms with Crippen LogP contribution < -0.4 is 0 Å². The quantitative estimate of drug-likeness (QED) is 0.927. The van der Waals surface area contributed by atoms with Crippen molar-refractivity contribution >= 4 is 33.7 Å². The van der Waals surface area contributed by atoms with Crippen molar-refractivity contribution in [1.82, 2.24) is 4.98 Å². The summed E-state index contributed by atoms with van der Waals surface area (Å²) >= 11 is 4.77. The molecule has 0 aliphatic carbocycles. The van der Waals surface area contributed by atoms with Gasteiger partial charge in [0.15, 0.2) is 0 Å². The van der Waals surface area contributed by atoms with Crippen LogP contribution in [-0.4, -0.2) is 16.1 Å². The first-order chi connectivity index (χ1) is 8.58. The predicted molar refractivity (Wildman–Crippen MR) is 74.2 cm³/mol. The predicted octanol–water partition coefficient (Wildman–Crippen LogP) is 4.00. The molecule has 0 saturated heterocycles. The van der Waals surface area contributed by atoms with Gasteiger partial charge in [0.1, 0.15) is 5.03 Å². The summed E-state index contributed by atoms with van der Waals surface area (Å²) in [5.74, 6) is -0.929. The lowest BCUT2D eigenvalue weighted by molar-refractivity contribution is 0.0693. The van der Waals surface area contributed by atoms with E-state index < -0.39 is 5.97 Å². The van der Waals surface area contributed by atoms with Crippen molar-refractivity contribution < 1.29 is 9.90 Å². The SMILES string of the molecule is Cc1cnc(Sc2ccccc2C(=O)O)c(Br)c1. The highest BCUT2D eigenvalue weighted by Crippen LogP contribution is 2.33. The number of aryl methyl sites for hydroxylation is 1. The van der Waals surface area contributed by atoms with E-state index in [0.717, 1.165) is 15.1 Å². The van der Waals surface area contributed by atoms with Gasteiger partial charge in [-0.3, -0.25) is 0 Å². The Hall–Kier alpha value is -1.33. The molecule has 0 aliphatic heterocycles. The number of aromatic nitrogens is 1. The van der Waals surface area contributed by atoms with E-state index in [1.54, 1.807) is 24.4 Å². The zero-order valence-electron chi connectivity index (χ0n) is 9.55. The molecule has 0 bridgehead atoms. The van der Waals surface area contributed by atoms with Gasteiger partial charge in [0.2, 0.25) is 0 Å². The minimum absolute atomic E-state index is 0.289. The van der Waals surface area contributed by atoms with Crippen LogP contribution in [0.3, 0.4) is 0 Å². The number of hydrogen-bond donors (Lipinski definition) is 1. The average molecular weight is 324 g/mol. The molecule has 5 heteroatoms. The zero-order valence-corrected chi connectivity index (χ0v) is 12.0. The molecule has 1 heterocycles. The van der Waals surface area contributed by atoms with E-state index in [4.69, 9.17) is 5.11 Å². The van der Waals surface area contributed by atoms with Crippen molar-refractivity contribution in [2.45, 2.75) is 16.8 Å². The van der Waals surface area contributed by atoms with Gasteiger partial charge in [-0.1, -0.05) is 23.9 Å². The van der Waals surface area contributed by atoms with Gasteiger partial charge in [-0.05, 0) is 46.6 Å². The van der Waals surface area contributed by atoms with E-state index in [2.05, 4.69) is 20.9 Å². The molecule has 0 aliphatic rings. The zero-order chi connectivity index (χ0) is 13.1. The van der Waals surface area contributed by atoms with Crippen LogP contribution in [0.15, 0.2) is 50.9 Å². The second-order valence-corrected chi connectivity index (χ2v) is 5.59. The van der Waals surface area contributed by atoms with Crippen molar-refractivity contribution in [2.24, 2.45) is 0 Å². The molecule has 2 aromatic rings. The topological polar surface area (TPSA) is 50.2 Å². The molecule has 18 heavy (non-hydrogen) atoms. The molecule has 0 radical (unpaired) electrons.